The van der Waals surface area contributed by atoms with Crippen LogP contribution in [0.15, 0.2) is 64.2 Å². The van der Waals surface area contributed by atoms with Crippen molar-refractivity contribution in [2.75, 3.05) is 10.6 Å². The van der Waals surface area contributed by atoms with Gasteiger partial charge in [0.15, 0.2) is 9.84 Å². The quantitative estimate of drug-likeness (QED) is 0.357. The molecule has 2 aromatic carbocycles. The van der Waals surface area contributed by atoms with Crippen LogP contribution in [0.2, 0.25) is 0 Å². The normalized spacial score (nSPS) is 13.9. The van der Waals surface area contributed by atoms with Crippen LogP contribution >= 0.6 is 15.9 Å². The predicted octanol–water partition coefficient (Wildman–Crippen LogP) is 5.03. The minimum absolute atomic E-state index is 0.288. The molecular formula is C22H21BrN6O2S. The van der Waals surface area contributed by atoms with Crippen LogP contribution in [0.5, 0.6) is 0 Å². The Labute approximate surface area is 194 Å². The Kier molecular flexibility index (Phi) is 5.34. The average Bonchev–Trinajstić information content (AvgIpc) is 3.57. The van der Waals surface area contributed by atoms with Gasteiger partial charge in [-0.1, -0.05) is 12.1 Å². The number of fused-ring (bicyclic) bond motifs is 1. The van der Waals surface area contributed by atoms with E-state index in [1.165, 1.54) is 0 Å². The Bertz CT molecular complexity index is 1420. The van der Waals surface area contributed by atoms with Gasteiger partial charge in [-0.3, -0.25) is 4.68 Å². The van der Waals surface area contributed by atoms with E-state index in [2.05, 4.69) is 41.6 Å². The number of benzene rings is 2. The third kappa shape index (κ3) is 4.07. The zero-order valence-corrected chi connectivity index (χ0v) is 19.7. The molecule has 0 bridgehead atoms. The summed E-state index contributed by atoms with van der Waals surface area (Å²) in [6.45, 7) is 2.85. The number of hydrogen-bond donors (Lipinski definition) is 2. The third-order valence-electron chi connectivity index (χ3n) is 5.29. The van der Waals surface area contributed by atoms with Crippen LogP contribution in [0.1, 0.15) is 19.8 Å². The van der Waals surface area contributed by atoms with Crippen molar-refractivity contribution in [2.24, 2.45) is 0 Å². The van der Waals surface area contributed by atoms with E-state index in [4.69, 9.17) is 0 Å². The first-order valence-electron chi connectivity index (χ1n) is 10.3. The maximum atomic E-state index is 12.8. The van der Waals surface area contributed by atoms with Crippen molar-refractivity contribution < 1.29 is 8.42 Å². The summed E-state index contributed by atoms with van der Waals surface area (Å²) < 4.78 is 28.2. The zero-order valence-electron chi connectivity index (χ0n) is 17.3. The van der Waals surface area contributed by atoms with Gasteiger partial charge in [0, 0.05) is 30.0 Å². The molecule has 0 saturated heterocycles. The molecule has 0 unspecified atom stereocenters. The summed E-state index contributed by atoms with van der Waals surface area (Å²) in [5.41, 5.74) is 2.25. The molecule has 1 fully saturated rings. The smallest absolute Gasteiger partial charge is 0.229 e. The van der Waals surface area contributed by atoms with E-state index in [1.54, 1.807) is 30.5 Å². The predicted molar refractivity (Wildman–Crippen MR) is 128 cm³/mol. The molecule has 0 radical (unpaired) electrons. The molecule has 4 aromatic rings. The van der Waals surface area contributed by atoms with Gasteiger partial charge in [0.2, 0.25) is 5.95 Å². The fourth-order valence-electron chi connectivity index (χ4n) is 3.46. The van der Waals surface area contributed by atoms with Crippen molar-refractivity contribution in [2.45, 2.75) is 36.5 Å². The number of nitrogens with one attached hydrogen (secondary N) is 2. The second-order valence-corrected chi connectivity index (χ2v) is 10.7. The lowest BCUT2D eigenvalue weighted by atomic mass is 10.2. The van der Waals surface area contributed by atoms with Gasteiger partial charge < -0.3 is 10.6 Å². The molecule has 0 amide bonds. The molecule has 1 aliphatic carbocycles. The van der Waals surface area contributed by atoms with Crippen molar-refractivity contribution in [3.8, 4) is 0 Å². The van der Waals surface area contributed by atoms with Crippen molar-refractivity contribution in [1.82, 2.24) is 19.7 Å². The molecule has 5 rings (SSSR count). The van der Waals surface area contributed by atoms with E-state index in [9.17, 15) is 8.42 Å². The summed E-state index contributed by atoms with van der Waals surface area (Å²) in [4.78, 5) is 9.18. The fraction of sp³-hybridized carbons (Fsp3) is 0.227. The molecular weight excluding hydrogens is 492 g/mol. The first-order chi connectivity index (χ1) is 15.4. The molecule has 10 heteroatoms. The minimum Gasteiger partial charge on any atom is -0.338 e. The van der Waals surface area contributed by atoms with Gasteiger partial charge in [-0.15, -0.1) is 0 Å². The van der Waals surface area contributed by atoms with Crippen LogP contribution in [-0.2, 0) is 16.4 Å². The highest BCUT2D eigenvalue weighted by Crippen LogP contribution is 2.37. The Morgan fingerprint density at radius 1 is 1.16 bits per heavy atom. The highest BCUT2D eigenvalue weighted by Gasteiger charge is 2.38. The summed E-state index contributed by atoms with van der Waals surface area (Å²) in [6, 6.07) is 12.8. The van der Waals surface area contributed by atoms with Gasteiger partial charge in [0.1, 0.15) is 5.82 Å². The first kappa shape index (κ1) is 20.9. The van der Waals surface area contributed by atoms with Crippen molar-refractivity contribution in [1.29, 1.82) is 0 Å². The second kappa shape index (κ2) is 8.18. The maximum Gasteiger partial charge on any atom is 0.229 e. The topological polar surface area (TPSA) is 102 Å². The van der Waals surface area contributed by atoms with Crippen LogP contribution in [0.4, 0.5) is 23.1 Å². The van der Waals surface area contributed by atoms with Crippen LogP contribution in [0, 0.1) is 0 Å². The molecule has 8 nitrogen and oxygen atoms in total. The van der Waals surface area contributed by atoms with Crippen molar-refractivity contribution >= 4 is 59.8 Å². The van der Waals surface area contributed by atoms with E-state index in [1.807, 2.05) is 36.0 Å². The monoisotopic (exact) mass is 512 g/mol. The number of halogens is 1. The number of para-hydroxylation sites is 1. The standard InChI is InChI=1S/C22H21BrN6O2S/c1-2-29-13-14-11-15(7-10-18(14)28-29)25-22-24-12-17(23)21(27-22)26-19-5-3-4-6-20(19)32(30,31)16-8-9-16/h3-7,10-13,16H,2,8-9H2,1H3,(H2,24,25,26,27). The average molecular weight is 513 g/mol. The fourth-order valence-corrected chi connectivity index (χ4v) is 5.56. The largest absolute Gasteiger partial charge is 0.338 e. The lowest BCUT2D eigenvalue weighted by Crippen LogP contribution is -2.10. The Morgan fingerprint density at radius 2 is 1.97 bits per heavy atom. The summed E-state index contributed by atoms with van der Waals surface area (Å²) in [6.07, 6.45) is 5.05. The number of aryl methyl sites for hydroxylation is 1. The van der Waals surface area contributed by atoms with Crippen molar-refractivity contribution in [3.63, 3.8) is 0 Å². The Balaban J connectivity index is 1.43. The first-order valence-corrected chi connectivity index (χ1v) is 12.6. The Hall–Kier alpha value is -2.98. The molecule has 0 aliphatic heterocycles. The highest BCUT2D eigenvalue weighted by atomic mass is 79.9. The van der Waals surface area contributed by atoms with Gasteiger partial charge >= 0.3 is 0 Å². The molecule has 2 aromatic heterocycles. The molecule has 0 spiro atoms. The van der Waals surface area contributed by atoms with Crippen LogP contribution in [0.3, 0.4) is 0 Å². The number of anilines is 4. The molecule has 1 saturated carbocycles. The molecule has 0 atom stereocenters. The van der Waals surface area contributed by atoms with Gasteiger partial charge in [-0.05, 0) is 66.0 Å². The highest BCUT2D eigenvalue weighted by molar-refractivity contribution is 9.10. The minimum atomic E-state index is -3.35. The van der Waals surface area contributed by atoms with E-state index >= 15 is 0 Å². The SMILES string of the molecule is CCn1cc2cc(Nc3ncc(Br)c(Nc4ccccc4S(=O)(=O)C4CC4)n3)ccc2n1. The molecule has 1 aliphatic rings. The molecule has 2 heterocycles. The lowest BCUT2D eigenvalue weighted by molar-refractivity contribution is 0.595. The molecule has 164 valence electrons. The van der Waals surface area contributed by atoms with Gasteiger partial charge in [0.05, 0.1) is 25.8 Å². The number of sulfone groups is 1. The molecule has 2 N–H and O–H groups in total. The van der Waals surface area contributed by atoms with Crippen molar-refractivity contribution in [3.05, 3.63) is 59.3 Å². The van der Waals surface area contributed by atoms with Crippen LogP contribution < -0.4 is 10.6 Å². The number of nitrogens with zero attached hydrogens (tertiary/aromatic N) is 4. The summed E-state index contributed by atoms with van der Waals surface area (Å²) >= 11 is 3.46. The number of hydrogen-bond acceptors (Lipinski definition) is 7. The van der Waals surface area contributed by atoms with Crippen LogP contribution in [0.25, 0.3) is 10.9 Å². The van der Waals surface area contributed by atoms with E-state index < -0.39 is 9.84 Å². The number of rotatable bonds is 7. The van der Waals surface area contributed by atoms with E-state index in [0.29, 0.717) is 39.7 Å². The van der Waals surface area contributed by atoms with Gasteiger partial charge in [-0.2, -0.15) is 10.1 Å². The number of aromatic nitrogens is 4. The second-order valence-electron chi connectivity index (χ2n) is 7.64. The lowest BCUT2D eigenvalue weighted by Gasteiger charge is -2.14. The zero-order chi connectivity index (χ0) is 22.3. The molecule has 32 heavy (non-hydrogen) atoms. The van der Waals surface area contributed by atoms with Crippen LogP contribution in [-0.4, -0.2) is 33.4 Å². The van der Waals surface area contributed by atoms with Gasteiger partial charge in [0.25, 0.3) is 0 Å². The maximum absolute atomic E-state index is 12.8. The summed E-state index contributed by atoms with van der Waals surface area (Å²) in [5, 5.41) is 11.6. The summed E-state index contributed by atoms with van der Waals surface area (Å²) in [5.74, 6) is 0.862. The van der Waals surface area contributed by atoms with E-state index in [-0.39, 0.29) is 5.25 Å². The van der Waals surface area contributed by atoms with E-state index in [0.717, 1.165) is 23.1 Å². The summed E-state index contributed by atoms with van der Waals surface area (Å²) in [7, 11) is -3.35. The van der Waals surface area contributed by atoms with Gasteiger partial charge in [-0.25, -0.2) is 13.4 Å². The Morgan fingerprint density at radius 3 is 2.75 bits per heavy atom. The third-order valence-corrected chi connectivity index (χ3v) is 8.18.